The van der Waals surface area contributed by atoms with Crippen LogP contribution in [-0.2, 0) is 9.59 Å². The second-order valence-corrected chi connectivity index (χ2v) is 7.10. The van der Waals surface area contributed by atoms with Crippen molar-refractivity contribution >= 4 is 40.9 Å². The molecule has 32 heavy (non-hydrogen) atoms. The van der Waals surface area contributed by atoms with Gasteiger partial charge < -0.3 is 4.74 Å². The molecule has 0 radical (unpaired) electrons. The lowest BCUT2D eigenvalue weighted by atomic mass is 10.0. The van der Waals surface area contributed by atoms with Crippen LogP contribution in [0.4, 0.5) is 10.1 Å². The van der Waals surface area contributed by atoms with Gasteiger partial charge in [0.15, 0.2) is 5.11 Å². The van der Waals surface area contributed by atoms with Gasteiger partial charge in [0.25, 0.3) is 11.8 Å². The van der Waals surface area contributed by atoms with Gasteiger partial charge in [-0.2, -0.15) is 5.26 Å². The summed E-state index contributed by atoms with van der Waals surface area (Å²) in [5.74, 6) is -0.778. The second kappa shape index (κ2) is 8.79. The molecule has 0 unspecified atom stereocenters. The zero-order valence-electron chi connectivity index (χ0n) is 16.4. The summed E-state index contributed by atoms with van der Waals surface area (Å²) in [5, 5.41) is 11.4. The topological polar surface area (TPSA) is 82.4 Å². The van der Waals surface area contributed by atoms with E-state index in [2.05, 4.69) is 5.32 Å². The quantitative estimate of drug-likeness (QED) is 0.369. The number of hydrogen-bond acceptors (Lipinski definition) is 5. The van der Waals surface area contributed by atoms with E-state index < -0.39 is 17.6 Å². The fraction of sp³-hybridized carbons (Fsp3) is 0. The number of carbonyl (C=O) groups excluding carboxylic acids is 2. The molecule has 0 atom stereocenters. The number of nitrogens with zero attached hydrogens (tertiary/aromatic N) is 2. The number of para-hydroxylation sites is 1. The van der Waals surface area contributed by atoms with Crippen molar-refractivity contribution in [2.75, 3.05) is 4.90 Å². The zero-order valence-corrected chi connectivity index (χ0v) is 17.2. The smallest absolute Gasteiger partial charge is 0.270 e. The molecular weight excluding hydrogens is 429 g/mol. The number of ether oxygens (including phenoxy) is 1. The lowest BCUT2D eigenvalue weighted by Crippen LogP contribution is -2.54. The highest BCUT2D eigenvalue weighted by Crippen LogP contribution is 2.27. The van der Waals surface area contributed by atoms with E-state index in [1.54, 1.807) is 30.3 Å². The lowest BCUT2D eigenvalue weighted by molar-refractivity contribution is -0.122. The van der Waals surface area contributed by atoms with Crippen LogP contribution in [-0.4, -0.2) is 16.9 Å². The summed E-state index contributed by atoms with van der Waals surface area (Å²) >= 11 is 5.20. The monoisotopic (exact) mass is 443 g/mol. The molecule has 156 valence electrons. The molecule has 0 saturated carbocycles. The highest BCUT2D eigenvalue weighted by molar-refractivity contribution is 7.80. The first kappa shape index (κ1) is 20.9. The van der Waals surface area contributed by atoms with Crippen LogP contribution in [0, 0.1) is 17.1 Å². The number of anilines is 1. The van der Waals surface area contributed by atoms with Crippen LogP contribution in [0.15, 0.2) is 78.4 Å². The third-order valence-corrected chi connectivity index (χ3v) is 4.88. The third-order valence-electron chi connectivity index (χ3n) is 4.60. The number of halogens is 1. The van der Waals surface area contributed by atoms with E-state index in [4.69, 9.17) is 22.2 Å². The number of thiocarbonyl (C=S) groups is 1. The van der Waals surface area contributed by atoms with Crippen LogP contribution >= 0.6 is 12.2 Å². The van der Waals surface area contributed by atoms with E-state index >= 15 is 0 Å². The Morgan fingerprint density at radius 2 is 1.69 bits per heavy atom. The van der Waals surface area contributed by atoms with E-state index in [-0.39, 0.29) is 16.2 Å². The molecule has 8 heteroatoms. The van der Waals surface area contributed by atoms with Gasteiger partial charge in [0.1, 0.15) is 29.0 Å². The molecule has 1 fully saturated rings. The van der Waals surface area contributed by atoms with E-state index in [1.807, 2.05) is 30.3 Å². The van der Waals surface area contributed by atoms with Gasteiger partial charge in [-0.15, -0.1) is 0 Å². The molecule has 1 aliphatic rings. The van der Waals surface area contributed by atoms with Gasteiger partial charge in [-0.3, -0.25) is 19.8 Å². The van der Waals surface area contributed by atoms with Crippen molar-refractivity contribution in [1.29, 1.82) is 5.26 Å². The number of hydrogen-bond donors (Lipinski definition) is 1. The number of rotatable bonds is 4. The Hall–Kier alpha value is -4.35. The predicted molar refractivity (Wildman–Crippen MR) is 120 cm³/mol. The lowest BCUT2D eigenvalue weighted by Gasteiger charge is -2.29. The molecule has 0 aliphatic carbocycles. The molecule has 3 aromatic rings. The van der Waals surface area contributed by atoms with Gasteiger partial charge in [0, 0.05) is 0 Å². The number of nitriles is 1. The summed E-state index contributed by atoms with van der Waals surface area (Å²) in [6.07, 6.45) is 1.29. The number of benzene rings is 3. The molecule has 6 nitrogen and oxygen atoms in total. The van der Waals surface area contributed by atoms with Crippen LogP contribution in [0.1, 0.15) is 11.1 Å². The van der Waals surface area contributed by atoms with Crippen molar-refractivity contribution in [3.63, 3.8) is 0 Å². The van der Waals surface area contributed by atoms with E-state index in [9.17, 15) is 14.0 Å². The standard InChI is InChI=1S/C24H14FN3O3S/c25-21-11-6-15(12-16(21)14-26)13-20-22(29)27-24(32)28(23(20)30)17-7-9-19(10-8-17)31-18-4-2-1-3-5-18/h1-13H,(H,27,29,32). The van der Waals surface area contributed by atoms with Crippen LogP contribution < -0.4 is 15.0 Å². The minimum absolute atomic E-state index is 0.0642. The van der Waals surface area contributed by atoms with Crippen molar-refractivity contribution in [2.24, 2.45) is 0 Å². The first-order valence-electron chi connectivity index (χ1n) is 9.40. The van der Waals surface area contributed by atoms with Crippen molar-refractivity contribution < 1.29 is 18.7 Å². The van der Waals surface area contributed by atoms with E-state index in [0.717, 1.165) is 6.07 Å². The maximum Gasteiger partial charge on any atom is 0.270 e. The SMILES string of the molecule is N#Cc1cc(C=C2C(=O)NC(=S)N(c3ccc(Oc4ccccc4)cc3)C2=O)ccc1F. The molecule has 2 amide bonds. The molecule has 4 rings (SSSR count). The zero-order chi connectivity index (χ0) is 22.7. The largest absolute Gasteiger partial charge is 0.457 e. The molecule has 1 N–H and O–H groups in total. The Morgan fingerprint density at radius 1 is 1.00 bits per heavy atom. The average molecular weight is 443 g/mol. The molecule has 3 aromatic carbocycles. The molecule has 1 saturated heterocycles. The Bertz CT molecular complexity index is 1300. The fourth-order valence-corrected chi connectivity index (χ4v) is 3.35. The Labute approximate surface area is 188 Å². The van der Waals surface area contributed by atoms with Gasteiger partial charge >= 0.3 is 0 Å². The van der Waals surface area contributed by atoms with Gasteiger partial charge in [-0.25, -0.2) is 4.39 Å². The summed E-state index contributed by atoms with van der Waals surface area (Å²) in [6, 6.07) is 21.3. The van der Waals surface area contributed by atoms with Crippen LogP contribution in [0.5, 0.6) is 11.5 Å². The molecule has 0 spiro atoms. The fourth-order valence-electron chi connectivity index (χ4n) is 3.06. The minimum atomic E-state index is -0.685. The summed E-state index contributed by atoms with van der Waals surface area (Å²) < 4.78 is 19.3. The molecule has 0 aromatic heterocycles. The van der Waals surface area contributed by atoms with Gasteiger partial charge in [-0.1, -0.05) is 24.3 Å². The van der Waals surface area contributed by atoms with Gasteiger partial charge in [-0.05, 0) is 72.4 Å². The van der Waals surface area contributed by atoms with Crippen LogP contribution in [0.2, 0.25) is 0 Å². The summed E-state index contributed by atoms with van der Waals surface area (Å²) in [6.45, 7) is 0. The first-order chi connectivity index (χ1) is 15.5. The van der Waals surface area contributed by atoms with Gasteiger partial charge in [0.05, 0.1) is 11.3 Å². The van der Waals surface area contributed by atoms with Crippen molar-refractivity contribution in [1.82, 2.24) is 5.32 Å². The summed E-state index contributed by atoms with van der Waals surface area (Å²) in [4.78, 5) is 26.7. The second-order valence-electron chi connectivity index (χ2n) is 6.72. The Morgan fingerprint density at radius 3 is 2.38 bits per heavy atom. The number of carbonyl (C=O) groups is 2. The maximum absolute atomic E-state index is 13.6. The molecule has 0 bridgehead atoms. The molecule has 1 aliphatic heterocycles. The van der Waals surface area contributed by atoms with E-state index in [1.165, 1.54) is 23.1 Å². The Balaban J connectivity index is 1.62. The highest BCUT2D eigenvalue weighted by Gasteiger charge is 2.34. The highest BCUT2D eigenvalue weighted by atomic mass is 32.1. The predicted octanol–water partition coefficient (Wildman–Crippen LogP) is 4.32. The van der Waals surface area contributed by atoms with Crippen molar-refractivity contribution in [3.05, 3.63) is 95.3 Å². The van der Waals surface area contributed by atoms with Crippen LogP contribution in [0.25, 0.3) is 6.08 Å². The number of nitrogens with one attached hydrogen (secondary N) is 1. The van der Waals surface area contributed by atoms with Gasteiger partial charge in [0.2, 0.25) is 0 Å². The average Bonchev–Trinajstić information content (AvgIpc) is 2.79. The molecular formula is C24H14FN3O3S. The third kappa shape index (κ3) is 4.24. The van der Waals surface area contributed by atoms with Crippen LogP contribution in [0.3, 0.4) is 0 Å². The normalized spacial score (nSPS) is 14.8. The maximum atomic E-state index is 13.6. The number of amides is 2. The first-order valence-corrected chi connectivity index (χ1v) is 9.81. The van der Waals surface area contributed by atoms with Crippen molar-refractivity contribution in [3.8, 4) is 17.6 Å². The van der Waals surface area contributed by atoms with Crippen molar-refractivity contribution in [2.45, 2.75) is 0 Å². The minimum Gasteiger partial charge on any atom is -0.457 e. The van der Waals surface area contributed by atoms with E-state index in [0.29, 0.717) is 22.7 Å². The Kier molecular flexibility index (Phi) is 5.75. The molecule has 1 heterocycles. The summed E-state index contributed by atoms with van der Waals surface area (Å²) in [7, 11) is 0. The summed E-state index contributed by atoms with van der Waals surface area (Å²) in [5.41, 5.74) is 0.382.